The lowest BCUT2D eigenvalue weighted by Gasteiger charge is -2.41. The number of rotatable bonds is 3. The highest BCUT2D eigenvalue weighted by atomic mass is 16.3. The van der Waals surface area contributed by atoms with Gasteiger partial charge in [0.05, 0.1) is 11.8 Å². The lowest BCUT2D eigenvalue weighted by molar-refractivity contribution is 0.0557. The second-order valence-corrected chi connectivity index (χ2v) is 5.43. The average Bonchev–Trinajstić information content (AvgIpc) is 2.46. The molecule has 1 fully saturated rings. The molecule has 0 aromatic carbocycles. The molecule has 2 rings (SSSR count). The Hall–Kier alpha value is -1.58. The van der Waals surface area contributed by atoms with Crippen molar-refractivity contribution < 1.29 is 9.90 Å². The zero-order chi connectivity index (χ0) is 13.9. The summed E-state index contributed by atoms with van der Waals surface area (Å²) in [5, 5.41) is 9.39. The normalized spacial score (nSPS) is 18.3. The Morgan fingerprint density at radius 1 is 1.32 bits per heavy atom. The van der Waals surface area contributed by atoms with Gasteiger partial charge in [0.15, 0.2) is 0 Å². The molecule has 0 atom stereocenters. The van der Waals surface area contributed by atoms with Crippen LogP contribution in [0.15, 0.2) is 18.5 Å². The van der Waals surface area contributed by atoms with Crippen molar-refractivity contribution in [2.45, 2.75) is 39.5 Å². The number of likely N-dealkylation sites (tertiary alicyclic amines) is 1. The summed E-state index contributed by atoms with van der Waals surface area (Å²) in [7, 11) is 0. The molecule has 0 saturated carbocycles. The molecule has 2 heterocycles. The number of amides is 1. The van der Waals surface area contributed by atoms with Crippen molar-refractivity contribution in [2.75, 3.05) is 13.1 Å². The van der Waals surface area contributed by atoms with Crippen LogP contribution in [0.1, 0.15) is 49.9 Å². The molecule has 1 aromatic rings. The standard InChI is InChI=1S/C15H22N2O2/c1-3-15(4-2)5-7-17(8-6-15)14(19)12-9-13(18)11-16-10-12/h9-11,18H,3-8H2,1-2H3. The van der Waals surface area contributed by atoms with Gasteiger partial charge in [0.2, 0.25) is 0 Å². The zero-order valence-corrected chi connectivity index (χ0v) is 11.7. The molecule has 1 aliphatic rings. The van der Waals surface area contributed by atoms with Gasteiger partial charge in [0, 0.05) is 19.3 Å². The number of aromatic hydroxyl groups is 1. The van der Waals surface area contributed by atoms with E-state index in [9.17, 15) is 9.90 Å². The Bertz CT molecular complexity index is 445. The van der Waals surface area contributed by atoms with Crippen molar-refractivity contribution >= 4 is 5.91 Å². The van der Waals surface area contributed by atoms with E-state index in [1.54, 1.807) is 0 Å². The van der Waals surface area contributed by atoms with Crippen LogP contribution in [-0.2, 0) is 0 Å². The van der Waals surface area contributed by atoms with Crippen LogP contribution in [0.2, 0.25) is 0 Å². The molecule has 1 aliphatic heterocycles. The van der Waals surface area contributed by atoms with E-state index in [-0.39, 0.29) is 11.7 Å². The van der Waals surface area contributed by atoms with Gasteiger partial charge in [0.1, 0.15) is 5.75 Å². The Balaban J connectivity index is 2.04. The fourth-order valence-electron chi connectivity index (χ4n) is 2.87. The maximum Gasteiger partial charge on any atom is 0.255 e. The highest BCUT2D eigenvalue weighted by Gasteiger charge is 2.33. The summed E-state index contributed by atoms with van der Waals surface area (Å²) < 4.78 is 0. The van der Waals surface area contributed by atoms with Gasteiger partial charge in [0.25, 0.3) is 5.91 Å². The molecule has 1 N–H and O–H groups in total. The fourth-order valence-corrected chi connectivity index (χ4v) is 2.87. The molecule has 0 unspecified atom stereocenters. The summed E-state index contributed by atoms with van der Waals surface area (Å²) in [6, 6.07) is 1.48. The van der Waals surface area contributed by atoms with Crippen LogP contribution in [-0.4, -0.2) is 34.0 Å². The Labute approximate surface area is 114 Å². The van der Waals surface area contributed by atoms with Crippen LogP contribution < -0.4 is 0 Å². The topological polar surface area (TPSA) is 53.4 Å². The third kappa shape index (κ3) is 2.88. The quantitative estimate of drug-likeness (QED) is 0.911. The lowest BCUT2D eigenvalue weighted by atomic mass is 9.74. The lowest BCUT2D eigenvalue weighted by Crippen LogP contribution is -2.42. The minimum atomic E-state index is -0.0239. The summed E-state index contributed by atoms with van der Waals surface area (Å²) in [4.78, 5) is 18.1. The van der Waals surface area contributed by atoms with Crippen LogP contribution in [0.5, 0.6) is 5.75 Å². The second kappa shape index (κ2) is 5.59. The first kappa shape index (κ1) is 13.8. The molecule has 0 bridgehead atoms. The Morgan fingerprint density at radius 2 is 1.95 bits per heavy atom. The van der Waals surface area contributed by atoms with Gasteiger partial charge in [-0.05, 0) is 24.3 Å². The van der Waals surface area contributed by atoms with E-state index in [0.717, 1.165) is 25.9 Å². The summed E-state index contributed by atoms with van der Waals surface area (Å²) in [5.41, 5.74) is 0.883. The van der Waals surface area contributed by atoms with Crippen molar-refractivity contribution in [3.05, 3.63) is 24.0 Å². The third-order valence-corrected chi connectivity index (χ3v) is 4.58. The number of carbonyl (C=O) groups is 1. The maximum absolute atomic E-state index is 12.3. The smallest absolute Gasteiger partial charge is 0.255 e. The molecular formula is C15H22N2O2. The van der Waals surface area contributed by atoms with Crippen LogP contribution in [0, 0.1) is 5.41 Å². The third-order valence-electron chi connectivity index (χ3n) is 4.58. The van der Waals surface area contributed by atoms with Gasteiger partial charge in [-0.25, -0.2) is 0 Å². The summed E-state index contributed by atoms with van der Waals surface area (Å²) in [5.74, 6) is 0.0172. The van der Waals surface area contributed by atoms with E-state index in [1.165, 1.54) is 31.3 Å². The van der Waals surface area contributed by atoms with Gasteiger partial charge >= 0.3 is 0 Å². The first-order valence-corrected chi connectivity index (χ1v) is 7.03. The number of carbonyl (C=O) groups excluding carboxylic acids is 1. The number of pyridine rings is 1. The highest BCUT2D eigenvalue weighted by molar-refractivity contribution is 5.94. The molecule has 4 heteroatoms. The number of hydrogen-bond acceptors (Lipinski definition) is 3. The molecule has 0 aliphatic carbocycles. The molecule has 104 valence electrons. The summed E-state index contributed by atoms with van der Waals surface area (Å²) in [6.07, 6.45) is 7.35. The summed E-state index contributed by atoms with van der Waals surface area (Å²) in [6.45, 7) is 6.08. The fraction of sp³-hybridized carbons (Fsp3) is 0.600. The predicted octanol–water partition coefficient (Wildman–Crippen LogP) is 2.83. The number of aromatic nitrogens is 1. The van der Waals surface area contributed by atoms with Crippen LogP contribution >= 0.6 is 0 Å². The van der Waals surface area contributed by atoms with Crippen molar-refractivity contribution in [3.8, 4) is 5.75 Å². The molecular weight excluding hydrogens is 240 g/mol. The van der Waals surface area contributed by atoms with E-state index in [4.69, 9.17) is 0 Å². The number of nitrogens with zero attached hydrogens (tertiary/aromatic N) is 2. The van der Waals surface area contributed by atoms with Gasteiger partial charge in [-0.1, -0.05) is 26.7 Å². The van der Waals surface area contributed by atoms with Gasteiger partial charge in [-0.3, -0.25) is 9.78 Å². The minimum Gasteiger partial charge on any atom is -0.506 e. The molecule has 4 nitrogen and oxygen atoms in total. The van der Waals surface area contributed by atoms with Crippen LogP contribution in [0.25, 0.3) is 0 Å². The van der Waals surface area contributed by atoms with Crippen LogP contribution in [0.3, 0.4) is 0 Å². The SMILES string of the molecule is CCC1(CC)CCN(C(=O)c2cncc(O)c2)CC1. The Kier molecular flexibility index (Phi) is 4.08. The molecule has 1 saturated heterocycles. The second-order valence-electron chi connectivity index (χ2n) is 5.43. The average molecular weight is 262 g/mol. The van der Waals surface area contributed by atoms with E-state index in [2.05, 4.69) is 18.8 Å². The largest absolute Gasteiger partial charge is 0.506 e. The highest BCUT2D eigenvalue weighted by Crippen LogP contribution is 2.38. The van der Waals surface area contributed by atoms with Gasteiger partial charge in [-0.15, -0.1) is 0 Å². The maximum atomic E-state index is 12.3. The van der Waals surface area contributed by atoms with Crippen molar-refractivity contribution in [1.29, 1.82) is 0 Å². The van der Waals surface area contributed by atoms with E-state index >= 15 is 0 Å². The molecule has 1 amide bonds. The zero-order valence-electron chi connectivity index (χ0n) is 11.7. The minimum absolute atomic E-state index is 0.0239. The van der Waals surface area contributed by atoms with E-state index in [1.807, 2.05) is 4.90 Å². The van der Waals surface area contributed by atoms with Gasteiger partial charge in [-0.2, -0.15) is 0 Å². The number of hydrogen-bond donors (Lipinski definition) is 1. The number of piperidine rings is 1. The monoisotopic (exact) mass is 262 g/mol. The molecule has 19 heavy (non-hydrogen) atoms. The van der Waals surface area contributed by atoms with E-state index < -0.39 is 0 Å². The first-order chi connectivity index (χ1) is 9.10. The molecule has 0 radical (unpaired) electrons. The Morgan fingerprint density at radius 3 is 2.47 bits per heavy atom. The van der Waals surface area contributed by atoms with Crippen LogP contribution in [0.4, 0.5) is 0 Å². The van der Waals surface area contributed by atoms with Crippen molar-refractivity contribution in [3.63, 3.8) is 0 Å². The first-order valence-electron chi connectivity index (χ1n) is 7.03. The molecule has 1 aromatic heterocycles. The molecule has 0 spiro atoms. The van der Waals surface area contributed by atoms with Crippen molar-refractivity contribution in [2.24, 2.45) is 5.41 Å². The summed E-state index contributed by atoms with van der Waals surface area (Å²) >= 11 is 0. The van der Waals surface area contributed by atoms with Crippen molar-refractivity contribution in [1.82, 2.24) is 9.88 Å². The van der Waals surface area contributed by atoms with Gasteiger partial charge < -0.3 is 10.0 Å². The predicted molar refractivity (Wildman–Crippen MR) is 74.1 cm³/mol. The van der Waals surface area contributed by atoms with E-state index in [0.29, 0.717) is 11.0 Å².